The molecule has 3 rings (SSSR count). The molecule has 0 aliphatic rings. The van der Waals surface area contributed by atoms with E-state index in [2.05, 4.69) is 18.9 Å². The predicted molar refractivity (Wildman–Crippen MR) is 130 cm³/mol. The van der Waals surface area contributed by atoms with Crippen molar-refractivity contribution in [2.75, 3.05) is 19.8 Å². The minimum absolute atomic E-state index is 0.0469. The fourth-order valence-electron chi connectivity index (χ4n) is 3.73. The zero-order valence-corrected chi connectivity index (χ0v) is 19.8. The normalized spacial score (nSPS) is 10.9. The fraction of sp³-hybridized carbons (Fsp3) is 0.423. The second kappa shape index (κ2) is 12.0. The Morgan fingerprint density at radius 3 is 2.61 bits per heavy atom. The van der Waals surface area contributed by atoms with Gasteiger partial charge in [0.25, 0.3) is 0 Å². The van der Waals surface area contributed by atoms with Crippen LogP contribution in [-0.2, 0) is 17.9 Å². The lowest BCUT2D eigenvalue weighted by Crippen LogP contribution is -2.32. The average Bonchev–Trinajstić information content (AvgIpc) is 2.83. The molecule has 0 atom stereocenters. The molecule has 1 heterocycles. The summed E-state index contributed by atoms with van der Waals surface area (Å²) in [5.41, 5.74) is 1.62. The summed E-state index contributed by atoms with van der Waals surface area (Å²) in [6.45, 7) is 8.82. The maximum atomic E-state index is 13.1. The van der Waals surface area contributed by atoms with Gasteiger partial charge in [0.2, 0.25) is 11.3 Å². The van der Waals surface area contributed by atoms with E-state index in [-0.39, 0.29) is 11.3 Å². The van der Waals surface area contributed by atoms with E-state index in [0.717, 1.165) is 29.7 Å². The highest BCUT2D eigenvalue weighted by Crippen LogP contribution is 2.29. The van der Waals surface area contributed by atoms with Gasteiger partial charge in [-0.15, -0.1) is 0 Å². The van der Waals surface area contributed by atoms with Crippen molar-refractivity contribution in [1.29, 1.82) is 0 Å². The van der Waals surface area contributed by atoms with Crippen molar-refractivity contribution in [1.82, 2.24) is 14.7 Å². The number of ether oxygens (including phenoxy) is 2. The van der Waals surface area contributed by atoms with Gasteiger partial charge in [-0.3, -0.25) is 14.3 Å². The Morgan fingerprint density at radius 1 is 1.03 bits per heavy atom. The van der Waals surface area contributed by atoms with Crippen LogP contribution in [0.5, 0.6) is 11.5 Å². The van der Waals surface area contributed by atoms with Crippen molar-refractivity contribution in [3.63, 3.8) is 0 Å². The highest BCUT2D eigenvalue weighted by molar-refractivity contribution is 5.79. The van der Waals surface area contributed by atoms with E-state index in [1.54, 1.807) is 10.7 Å². The topological polar surface area (TPSA) is 73.7 Å². The maximum absolute atomic E-state index is 13.1. The lowest BCUT2D eigenvalue weighted by Gasteiger charge is -2.23. The van der Waals surface area contributed by atoms with Gasteiger partial charge < -0.3 is 14.4 Å². The molecular formula is C26H33N3O4. The van der Waals surface area contributed by atoms with E-state index < -0.39 is 0 Å². The van der Waals surface area contributed by atoms with Crippen molar-refractivity contribution < 1.29 is 14.3 Å². The number of amides is 1. The first-order chi connectivity index (χ1) is 16.1. The lowest BCUT2D eigenvalue weighted by atomic mass is 10.1. The van der Waals surface area contributed by atoms with Crippen LogP contribution in [0.3, 0.4) is 0 Å². The third kappa shape index (κ3) is 6.34. The molecule has 0 N–H and O–H groups in total. The van der Waals surface area contributed by atoms with E-state index in [1.165, 1.54) is 6.20 Å². The first kappa shape index (κ1) is 24.3. The summed E-state index contributed by atoms with van der Waals surface area (Å²) in [6.07, 6.45) is 3.40. The summed E-state index contributed by atoms with van der Waals surface area (Å²) in [4.78, 5) is 27.0. The van der Waals surface area contributed by atoms with E-state index in [4.69, 9.17) is 9.47 Å². The van der Waals surface area contributed by atoms with Crippen LogP contribution in [0.4, 0.5) is 0 Å². The van der Waals surface area contributed by atoms with Crippen molar-refractivity contribution in [2.45, 2.75) is 53.1 Å². The maximum Gasteiger partial charge on any atom is 0.224 e. The van der Waals surface area contributed by atoms with Gasteiger partial charge >= 0.3 is 0 Å². The highest BCUT2D eigenvalue weighted by Gasteiger charge is 2.16. The molecule has 0 aliphatic carbocycles. The summed E-state index contributed by atoms with van der Waals surface area (Å²) in [7, 11) is 0. The van der Waals surface area contributed by atoms with Crippen LogP contribution < -0.4 is 14.9 Å². The van der Waals surface area contributed by atoms with E-state index in [0.29, 0.717) is 50.4 Å². The van der Waals surface area contributed by atoms with Crippen molar-refractivity contribution >= 4 is 16.8 Å². The Hall–Kier alpha value is -3.35. The molecular weight excluding hydrogens is 418 g/mol. The Labute approximate surface area is 194 Å². The standard InChI is InChI=1S/C26H33N3O4/c1-4-14-28(19-20-11-12-24(33-16-5-2)25(17-20)32-6-3)26(31)13-15-29-22-10-8-7-9-21(22)23(30)18-27-29/h7-12,17-18H,4-6,13-16,19H2,1-3H3. The van der Waals surface area contributed by atoms with Gasteiger partial charge in [0.05, 0.1) is 31.5 Å². The monoisotopic (exact) mass is 451 g/mol. The molecule has 0 saturated carbocycles. The molecule has 1 aromatic heterocycles. The second-order valence-corrected chi connectivity index (χ2v) is 7.88. The number of nitrogens with zero attached hydrogens (tertiary/aromatic N) is 3. The SMILES string of the molecule is CCCOc1ccc(CN(CCC)C(=O)CCn2ncc(=O)c3ccccc32)cc1OCC. The number of benzene rings is 2. The molecule has 7 heteroatoms. The summed E-state index contributed by atoms with van der Waals surface area (Å²) in [5.74, 6) is 1.48. The average molecular weight is 452 g/mol. The van der Waals surface area contributed by atoms with E-state index in [9.17, 15) is 9.59 Å². The molecule has 0 unspecified atom stereocenters. The molecule has 0 spiro atoms. The van der Waals surface area contributed by atoms with Crippen LogP contribution in [0, 0.1) is 0 Å². The minimum atomic E-state index is -0.114. The molecule has 0 saturated heterocycles. The number of aromatic nitrogens is 2. The third-order valence-electron chi connectivity index (χ3n) is 5.29. The summed E-state index contributed by atoms with van der Waals surface area (Å²) >= 11 is 0. The van der Waals surface area contributed by atoms with Crippen molar-refractivity contribution in [2.24, 2.45) is 0 Å². The number of hydrogen-bond donors (Lipinski definition) is 0. The summed E-state index contributed by atoms with van der Waals surface area (Å²) < 4.78 is 13.3. The smallest absolute Gasteiger partial charge is 0.224 e. The largest absolute Gasteiger partial charge is 0.490 e. The molecule has 2 aromatic carbocycles. The summed E-state index contributed by atoms with van der Waals surface area (Å²) in [6, 6.07) is 13.2. The van der Waals surface area contributed by atoms with Crippen LogP contribution >= 0.6 is 0 Å². The van der Waals surface area contributed by atoms with Crippen LogP contribution in [0.15, 0.2) is 53.5 Å². The van der Waals surface area contributed by atoms with Crippen molar-refractivity contribution in [3.8, 4) is 11.5 Å². The molecule has 3 aromatic rings. The number of carbonyl (C=O) groups is 1. The van der Waals surface area contributed by atoms with Gasteiger partial charge in [-0.1, -0.05) is 32.0 Å². The number of hydrogen-bond acceptors (Lipinski definition) is 5. The first-order valence-electron chi connectivity index (χ1n) is 11.7. The lowest BCUT2D eigenvalue weighted by molar-refractivity contribution is -0.132. The third-order valence-corrected chi connectivity index (χ3v) is 5.29. The number of carbonyl (C=O) groups excluding carboxylic acids is 1. The van der Waals surface area contributed by atoms with Gasteiger partial charge in [0, 0.05) is 24.9 Å². The van der Waals surface area contributed by atoms with Gasteiger partial charge in [-0.2, -0.15) is 5.10 Å². The minimum Gasteiger partial charge on any atom is -0.490 e. The highest BCUT2D eigenvalue weighted by atomic mass is 16.5. The van der Waals surface area contributed by atoms with E-state index in [1.807, 2.05) is 48.2 Å². The van der Waals surface area contributed by atoms with Gasteiger partial charge in [-0.25, -0.2) is 0 Å². The van der Waals surface area contributed by atoms with E-state index >= 15 is 0 Å². The number of para-hydroxylation sites is 1. The van der Waals surface area contributed by atoms with Crippen LogP contribution in [-0.4, -0.2) is 40.3 Å². The predicted octanol–water partition coefficient (Wildman–Crippen LogP) is 4.41. The second-order valence-electron chi connectivity index (χ2n) is 7.88. The van der Waals surface area contributed by atoms with Crippen LogP contribution in [0.2, 0.25) is 0 Å². The van der Waals surface area contributed by atoms with Gasteiger partial charge in [0.1, 0.15) is 0 Å². The Bertz CT molecular complexity index is 1130. The Kier molecular flexibility index (Phi) is 8.87. The Balaban J connectivity index is 1.72. The zero-order chi connectivity index (χ0) is 23.6. The molecule has 0 bridgehead atoms. The molecule has 1 amide bonds. The molecule has 0 fully saturated rings. The van der Waals surface area contributed by atoms with Gasteiger partial charge in [0.15, 0.2) is 11.5 Å². The quantitative estimate of drug-likeness (QED) is 0.408. The molecule has 33 heavy (non-hydrogen) atoms. The first-order valence-corrected chi connectivity index (χ1v) is 11.7. The molecule has 7 nitrogen and oxygen atoms in total. The number of fused-ring (bicyclic) bond motifs is 1. The Morgan fingerprint density at radius 2 is 1.85 bits per heavy atom. The van der Waals surface area contributed by atoms with Crippen molar-refractivity contribution in [3.05, 3.63) is 64.4 Å². The molecule has 176 valence electrons. The van der Waals surface area contributed by atoms with Crippen LogP contribution in [0.25, 0.3) is 10.9 Å². The molecule has 0 aliphatic heterocycles. The number of aryl methyl sites for hydroxylation is 1. The van der Waals surface area contributed by atoms with Gasteiger partial charge in [-0.05, 0) is 49.6 Å². The van der Waals surface area contributed by atoms with Crippen LogP contribution in [0.1, 0.15) is 45.6 Å². The summed E-state index contributed by atoms with van der Waals surface area (Å²) in [5, 5.41) is 4.85. The fourth-order valence-corrected chi connectivity index (χ4v) is 3.73. The zero-order valence-electron chi connectivity index (χ0n) is 19.8. The molecule has 0 radical (unpaired) electrons. The number of rotatable bonds is 12.